The van der Waals surface area contributed by atoms with Crippen LogP contribution >= 0.6 is 0 Å². The molecule has 0 aliphatic heterocycles. The van der Waals surface area contributed by atoms with Crippen LogP contribution in [0.5, 0.6) is 0 Å². The molecule has 0 fully saturated rings. The predicted molar refractivity (Wildman–Crippen MR) is 89.2 cm³/mol. The Kier molecular flexibility index (Phi) is 7.22. The third-order valence-corrected chi connectivity index (χ3v) is 3.03. The summed E-state index contributed by atoms with van der Waals surface area (Å²) in [4.78, 5) is 24.8. The highest BCUT2D eigenvalue weighted by Gasteiger charge is 2.15. The minimum Gasteiger partial charge on any atom is -0.462 e. The quantitative estimate of drug-likeness (QED) is 0.620. The maximum Gasteiger partial charge on any atom is 0.326 e. The van der Waals surface area contributed by atoms with E-state index < -0.39 is 5.97 Å². The van der Waals surface area contributed by atoms with E-state index in [1.165, 1.54) is 11.8 Å². The second kappa shape index (κ2) is 8.90. The fourth-order valence-corrected chi connectivity index (χ4v) is 1.95. The van der Waals surface area contributed by atoms with E-state index in [4.69, 9.17) is 4.74 Å². The molecule has 1 aromatic carbocycles. The van der Waals surface area contributed by atoms with E-state index in [-0.39, 0.29) is 25.2 Å². The lowest BCUT2D eigenvalue weighted by Crippen LogP contribution is -2.31. The summed E-state index contributed by atoms with van der Waals surface area (Å²) >= 11 is 0. The molecule has 1 N–H and O–H groups in total. The topological polar surface area (TPSA) is 66.8 Å². The maximum absolute atomic E-state index is 11.8. The van der Waals surface area contributed by atoms with Crippen LogP contribution in [-0.4, -0.2) is 34.5 Å². The molecule has 0 aromatic heterocycles. The molecule has 0 aliphatic rings. The molecule has 0 radical (unpaired) electrons. The SMILES string of the molecule is C=C/C(=C\N(CC(=O)OC(C)C)C(C)=O)c1cccc(CO)c1. The van der Waals surface area contributed by atoms with Gasteiger partial charge in [-0.15, -0.1) is 0 Å². The van der Waals surface area contributed by atoms with Crippen LogP contribution in [0.15, 0.2) is 43.1 Å². The lowest BCUT2D eigenvalue weighted by atomic mass is 10.0. The van der Waals surface area contributed by atoms with Gasteiger partial charge in [-0.05, 0) is 36.6 Å². The Balaban J connectivity index is 3.04. The van der Waals surface area contributed by atoms with Crippen molar-refractivity contribution in [1.29, 1.82) is 0 Å². The number of hydrogen-bond acceptors (Lipinski definition) is 4. The number of allylic oxidation sites excluding steroid dienone is 2. The van der Waals surface area contributed by atoms with Crippen molar-refractivity contribution in [2.45, 2.75) is 33.5 Å². The first-order valence-electron chi connectivity index (χ1n) is 7.38. The Bertz CT molecular complexity index is 605. The summed E-state index contributed by atoms with van der Waals surface area (Å²) in [5.74, 6) is -0.748. The van der Waals surface area contributed by atoms with E-state index >= 15 is 0 Å². The second-order valence-electron chi connectivity index (χ2n) is 5.33. The zero-order valence-corrected chi connectivity index (χ0v) is 13.8. The first kappa shape index (κ1) is 18.6. The summed E-state index contributed by atoms with van der Waals surface area (Å²) in [6.45, 7) is 8.39. The van der Waals surface area contributed by atoms with Gasteiger partial charge in [0, 0.05) is 13.1 Å². The summed E-state index contributed by atoms with van der Waals surface area (Å²) in [5.41, 5.74) is 2.23. The van der Waals surface area contributed by atoms with Gasteiger partial charge >= 0.3 is 5.97 Å². The molecule has 0 spiro atoms. The molecule has 0 atom stereocenters. The molecule has 0 saturated heterocycles. The molecule has 0 bridgehead atoms. The largest absolute Gasteiger partial charge is 0.462 e. The van der Waals surface area contributed by atoms with Crippen LogP contribution in [-0.2, 0) is 20.9 Å². The highest BCUT2D eigenvalue weighted by molar-refractivity contribution is 5.84. The fourth-order valence-electron chi connectivity index (χ4n) is 1.95. The van der Waals surface area contributed by atoms with E-state index in [9.17, 15) is 14.7 Å². The Hall–Kier alpha value is -2.40. The zero-order chi connectivity index (χ0) is 17.4. The molecule has 0 heterocycles. The monoisotopic (exact) mass is 317 g/mol. The first-order chi connectivity index (χ1) is 10.9. The van der Waals surface area contributed by atoms with Crippen molar-refractivity contribution in [2.75, 3.05) is 6.54 Å². The highest BCUT2D eigenvalue weighted by atomic mass is 16.5. The van der Waals surface area contributed by atoms with Gasteiger partial charge in [0.15, 0.2) is 0 Å². The highest BCUT2D eigenvalue weighted by Crippen LogP contribution is 2.18. The van der Waals surface area contributed by atoms with E-state index in [1.807, 2.05) is 12.1 Å². The first-order valence-corrected chi connectivity index (χ1v) is 7.38. The maximum atomic E-state index is 11.8. The van der Waals surface area contributed by atoms with Crippen LogP contribution in [0.25, 0.3) is 5.57 Å². The van der Waals surface area contributed by atoms with Gasteiger partial charge in [-0.25, -0.2) is 0 Å². The summed E-state index contributed by atoms with van der Waals surface area (Å²) < 4.78 is 5.07. The number of hydrogen-bond donors (Lipinski definition) is 1. The molecule has 124 valence electrons. The van der Waals surface area contributed by atoms with Crippen LogP contribution in [0.2, 0.25) is 0 Å². The summed E-state index contributed by atoms with van der Waals surface area (Å²) in [6, 6.07) is 7.26. The van der Waals surface area contributed by atoms with E-state index in [2.05, 4.69) is 6.58 Å². The van der Waals surface area contributed by atoms with E-state index in [0.717, 1.165) is 11.1 Å². The standard InChI is InChI=1S/C18H23NO4/c1-5-16(17-8-6-7-15(9-17)12-20)10-19(14(4)21)11-18(22)23-13(2)3/h5-10,13,20H,1,11-12H2,2-4H3/b16-10+. The van der Waals surface area contributed by atoms with Gasteiger partial charge in [0.1, 0.15) is 6.54 Å². The molecular weight excluding hydrogens is 294 g/mol. The van der Waals surface area contributed by atoms with E-state index in [0.29, 0.717) is 5.57 Å². The van der Waals surface area contributed by atoms with Crippen molar-refractivity contribution in [3.8, 4) is 0 Å². The molecule has 5 nitrogen and oxygen atoms in total. The normalized spacial score (nSPS) is 11.3. The third-order valence-electron chi connectivity index (χ3n) is 3.03. The van der Waals surface area contributed by atoms with Gasteiger partial charge in [-0.3, -0.25) is 9.59 Å². The summed E-state index contributed by atoms with van der Waals surface area (Å²) in [7, 11) is 0. The number of amides is 1. The molecule has 5 heteroatoms. The van der Waals surface area contributed by atoms with Crippen LogP contribution in [0.4, 0.5) is 0 Å². The van der Waals surface area contributed by atoms with Gasteiger partial charge in [0.25, 0.3) is 0 Å². The Labute approximate surface area is 136 Å². The Morgan fingerprint density at radius 2 is 2.09 bits per heavy atom. The second-order valence-corrected chi connectivity index (χ2v) is 5.33. The van der Waals surface area contributed by atoms with Crippen molar-refractivity contribution in [2.24, 2.45) is 0 Å². The average molecular weight is 317 g/mol. The van der Waals surface area contributed by atoms with E-state index in [1.54, 1.807) is 38.3 Å². The number of aliphatic hydroxyl groups is 1. The van der Waals surface area contributed by atoms with Crippen molar-refractivity contribution in [3.05, 3.63) is 54.2 Å². The lowest BCUT2D eigenvalue weighted by Gasteiger charge is -2.18. The number of rotatable bonds is 7. The Morgan fingerprint density at radius 1 is 1.39 bits per heavy atom. The van der Waals surface area contributed by atoms with Crippen LogP contribution in [0.1, 0.15) is 31.9 Å². The number of benzene rings is 1. The predicted octanol–water partition coefficient (Wildman–Crippen LogP) is 2.51. The molecule has 1 aromatic rings. The van der Waals surface area contributed by atoms with Crippen molar-refractivity contribution in [1.82, 2.24) is 4.90 Å². The van der Waals surface area contributed by atoms with Crippen molar-refractivity contribution >= 4 is 17.4 Å². The molecule has 0 aliphatic carbocycles. The van der Waals surface area contributed by atoms with Gasteiger partial charge in [-0.2, -0.15) is 0 Å². The number of nitrogens with zero attached hydrogens (tertiary/aromatic N) is 1. The fraction of sp³-hybridized carbons (Fsp3) is 0.333. The third kappa shape index (κ3) is 6.08. The van der Waals surface area contributed by atoms with Gasteiger partial charge in [0.05, 0.1) is 12.7 Å². The smallest absolute Gasteiger partial charge is 0.326 e. The Morgan fingerprint density at radius 3 is 2.61 bits per heavy atom. The average Bonchev–Trinajstić information content (AvgIpc) is 2.50. The van der Waals surface area contributed by atoms with Crippen LogP contribution in [0, 0.1) is 0 Å². The number of esters is 1. The molecule has 0 unspecified atom stereocenters. The molecule has 1 amide bonds. The summed E-state index contributed by atoms with van der Waals surface area (Å²) in [5, 5.41) is 9.22. The summed E-state index contributed by atoms with van der Waals surface area (Å²) in [6.07, 6.45) is 2.92. The number of ether oxygens (including phenoxy) is 1. The number of carbonyl (C=O) groups is 2. The van der Waals surface area contributed by atoms with Crippen LogP contribution < -0.4 is 0 Å². The minimum absolute atomic E-state index is 0.0740. The molecule has 0 saturated carbocycles. The van der Waals surface area contributed by atoms with Gasteiger partial charge < -0.3 is 14.7 Å². The van der Waals surface area contributed by atoms with Crippen LogP contribution in [0.3, 0.4) is 0 Å². The van der Waals surface area contributed by atoms with Gasteiger partial charge in [0.2, 0.25) is 5.91 Å². The minimum atomic E-state index is -0.473. The molecule has 23 heavy (non-hydrogen) atoms. The number of aliphatic hydroxyl groups excluding tert-OH is 1. The lowest BCUT2D eigenvalue weighted by molar-refractivity contribution is -0.150. The van der Waals surface area contributed by atoms with Crippen molar-refractivity contribution in [3.63, 3.8) is 0 Å². The molecule has 1 rings (SSSR count). The zero-order valence-electron chi connectivity index (χ0n) is 13.8. The van der Waals surface area contributed by atoms with Gasteiger partial charge in [-0.1, -0.05) is 30.9 Å². The number of carbonyl (C=O) groups excluding carboxylic acids is 2. The molecular formula is C18H23NO4. The van der Waals surface area contributed by atoms with Crippen molar-refractivity contribution < 1.29 is 19.4 Å².